The van der Waals surface area contributed by atoms with E-state index in [-0.39, 0.29) is 45.8 Å². The number of hydrogen-bond donors (Lipinski definition) is 3. The van der Waals surface area contributed by atoms with Crippen LogP contribution in [0.4, 0.5) is 10.2 Å². The molecule has 4 N–H and O–H groups in total. The summed E-state index contributed by atoms with van der Waals surface area (Å²) in [5.74, 6) is -1.11. The van der Waals surface area contributed by atoms with Crippen molar-refractivity contribution < 1.29 is 14.0 Å². The first-order chi connectivity index (χ1) is 18.4. The largest absolute Gasteiger partial charge is 0.348 e. The topological polar surface area (TPSA) is 115 Å². The number of carbonyl (C=O) groups is 2. The highest BCUT2D eigenvalue weighted by Gasteiger charge is 2.24. The number of anilines is 1. The lowest BCUT2D eigenvalue weighted by atomic mass is 9.92. The number of pyridine rings is 1. The number of nitrogens with two attached hydrogens (primary N) is 1. The Kier molecular flexibility index (Phi) is 7.48. The Bertz CT molecular complexity index is 1470. The molecule has 8 nitrogen and oxygen atoms in total. The van der Waals surface area contributed by atoms with Crippen molar-refractivity contribution in [3.63, 3.8) is 0 Å². The van der Waals surface area contributed by atoms with Crippen molar-refractivity contribution in [3.05, 3.63) is 95.0 Å². The number of nitrogens with zero attached hydrogens (tertiary/aromatic N) is 3. The monoisotopic (exact) mass is 532 g/mol. The number of nitrogens with one attached hydrogen (secondary N) is 2. The maximum absolute atomic E-state index is 14.3. The molecule has 2 aromatic heterocycles. The van der Waals surface area contributed by atoms with E-state index in [1.54, 1.807) is 6.07 Å². The van der Waals surface area contributed by atoms with Gasteiger partial charge in [0.25, 0.3) is 11.8 Å². The summed E-state index contributed by atoms with van der Waals surface area (Å²) in [7, 11) is 0. The molecule has 1 saturated carbocycles. The first-order valence-electron chi connectivity index (χ1n) is 12.3. The van der Waals surface area contributed by atoms with E-state index in [1.807, 2.05) is 30.3 Å². The van der Waals surface area contributed by atoms with Gasteiger partial charge in [0.2, 0.25) is 0 Å². The molecule has 5 rings (SSSR count). The third-order valence-electron chi connectivity index (χ3n) is 6.53. The second-order valence-electron chi connectivity index (χ2n) is 9.23. The van der Waals surface area contributed by atoms with E-state index in [9.17, 15) is 14.0 Å². The van der Waals surface area contributed by atoms with Gasteiger partial charge in [0.1, 0.15) is 17.3 Å². The Morgan fingerprint density at radius 1 is 0.974 bits per heavy atom. The van der Waals surface area contributed by atoms with Gasteiger partial charge >= 0.3 is 0 Å². The van der Waals surface area contributed by atoms with Crippen LogP contribution in [0, 0.1) is 5.82 Å². The normalized spacial score (nSPS) is 17.1. The summed E-state index contributed by atoms with van der Waals surface area (Å²) in [4.78, 5) is 30.5. The van der Waals surface area contributed by atoms with Gasteiger partial charge in [-0.3, -0.25) is 14.6 Å². The van der Waals surface area contributed by atoms with Crippen molar-refractivity contribution in [1.29, 1.82) is 0 Å². The molecule has 0 atom stereocenters. The van der Waals surface area contributed by atoms with Crippen molar-refractivity contribution in [2.75, 3.05) is 5.32 Å². The number of rotatable bonds is 6. The maximum atomic E-state index is 14.3. The minimum Gasteiger partial charge on any atom is -0.348 e. The van der Waals surface area contributed by atoms with Crippen LogP contribution in [0.15, 0.2) is 72.9 Å². The molecule has 2 heterocycles. The molecule has 38 heavy (non-hydrogen) atoms. The fraction of sp³-hybridized carbons (Fsp3) is 0.214. The third-order valence-corrected chi connectivity index (χ3v) is 6.86. The van der Waals surface area contributed by atoms with Crippen LogP contribution in [0.3, 0.4) is 0 Å². The standard InChI is InChI=1S/C28H26ClFN6O2/c29-22-13-8-17(26-23(30)7-4-14-32-26)15-21(22)27(37)34-25-16-24(35-36(25)20-5-2-1-3-6-20)28(38)33-19-11-9-18(31)10-12-19/h1-8,13-16,18-19H,9-12,31H2,(H,33,38)(H,34,37). The molecular weight excluding hydrogens is 507 g/mol. The van der Waals surface area contributed by atoms with Crippen LogP contribution in [-0.4, -0.2) is 38.7 Å². The minimum absolute atomic E-state index is 0.0238. The Morgan fingerprint density at radius 3 is 2.47 bits per heavy atom. The Balaban J connectivity index is 1.43. The first kappa shape index (κ1) is 25.6. The zero-order valence-electron chi connectivity index (χ0n) is 20.4. The van der Waals surface area contributed by atoms with Gasteiger partial charge in [-0.1, -0.05) is 35.9 Å². The second-order valence-corrected chi connectivity index (χ2v) is 9.64. The van der Waals surface area contributed by atoms with Crippen molar-refractivity contribution in [1.82, 2.24) is 20.1 Å². The van der Waals surface area contributed by atoms with Crippen molar-refractivity contribution in [3.8, 4) is 16.9 Å². The minimum atomic E-state index is -0.543. The molecule has 194 valence electrons. The van der Waals surface area contributed by atoms with Gasteiger partial charge < -0.3 is 16.4 Å². The number of aromatic nitrogens is 3. The molecular formula is C28H26ClFN6O2. The van der Waals surface area contributed by atoms with Crippen molar-refractivity contribution >= 4 is 29.2 Å². The third kappa shape index (κ3) is 5.58. The van der Waals surface area contributed by atoms with Gasteiger partial charge in [-0.15, -0.1) is 0 Å². The van der Waals surface area contributed by atoms with Crippen LogP contribution in [0.25, 0.3) is 16.9 Å². The molecule has 1 aliphatic carbocycles. The fourth-order valence-electron chi connectivity index (χ4n) is 4.50. The van der Waals surface area contributed by atoms with E-state index in [0.717, 1.165) is 25.7 Å². The zero-order valence-corrected chi connectivity index (χ0v) is 21.2. The molecule has 0 saturated heterocycles. The molecule has 2 aromatic carbocycles. The van der Waals surface area contributed by atoms with Crippen molar-refractivity contribution in [2.24, 2.45) is 5.73 Å². The van der Waals surface area contributed by atoms with E-state index < -0.39 is 11.7 Å². The molecule has 10 heteroatoms. The molecule has 0 unspecified atom stereocenters. The van der Waals surface area contributed by atoms with Gasteiger partial charge in [0.15, 0.2) is 5.69 Å². The number of amides is 2. The average Bonchev–Trinajstić information content (AvgIpc) is 3.35. The number of para-hydroxylation sites is 1. The lowest BCUT2D eigenvalue weighted by Gasteiger charge is -2.26. The van der Waals surface area contributed by atoms with E-state index in [2.05, 4.69) is 20.7 Å². The summed E-state index contributed by atoms with van der Waals surface area (Å²) in [5.41, 5.74) is 7.43. The number of hydrogen-bond acceptors (Lipinski definition) is 5. The van der Waals surface area contributed by atoms with Crippen LogP contribution < -0.4 is 16.4 Å². The van der Waals surface area contributed by atoms with E-state index in [4.69, 9.17) is 17.3 Å². The molecule has 2 amide bonds. The van der Waals surface area contributed by atoms with Gasteiger partial charge in [-0.2, -0.15) is 5.10 Å². The van der Waals surface area contributed by atoms with Crippen LogP contribution in [0.2, 0.25) is 5.02 Å². The zero-order chi connectivity index (χ0) is 26.6. The summed E-state index contributed by atoms with van der Waals surface area (Å²) in [6.45, 7) is 0. The number of carbonyl (C=O) groups excluding carboxylic acids is 2. The Labute approximate surface area is 224 Å². The van der Waals surface area contributed by atoms with Crippen molar-refractivity contribution in [2.45, 2.75) is 37.8 Å². The van der Waals surface area contributed by atoms with Gasteiger partial charge in [0, 0.05) is 29.9 Å². The molecule has 1 aliphatic rings. The van der Waals surface area contributed by atoms with Crippen LogP contribution in [-0.2, 0) is 0 Å². The number of halogens is 2. The highest BCUT2D eigenvalue weighted by molar-refractivity contribution is 6.34. The first-order valence-corrected chi connectivity index (χ1v) is 12.7. The van der Waals surface area contributed by atoms with E-state index in [0.29, 0.717) is 11.3 Å². The second kappa shape index (κ2) is 11.1. The highest BCUT2D eigenvalue weighted by atomic mass is 35.5. The van der Waals surface area contributed by atoms with E-state index in [1.165, 1.54) is 41.2 Å². The molecule has 0 spiro atoms. The van der Waals surface area contributed by atoms with Crippen LogP contribution in [0.5, 0.6) is 0 Å². The number of benzene rings is 2. The quantitative estimate of drug-likeness (QED) is 0.324. The highest BCUT2D eigenvalue weighted by Crippen LogP contribution is 2.27. The smallest absolute Gasteiger partial charge is 0.272 e. The Hall–Kier alpha value is -4.08. The van der Waals surface area contributed by atoms with E-state index >= 15 is 0 Å². The molecule has 0 radical (unpaired) electrons. The summed E-state index contributed by atoms with van der Waals surface area (Å²) in [5, 5.41) is 10.5. The van der Waals surface area contributed by atoms with Gasteiger partial charge in [-0.05, 0) is 62.1 Å². The van der Waals surface area contributed by atoms with Gasteiger partial charge in [0.05, 0.1) is 16.3 Å². The van der Waals surface area contributed by atoms with Crippen LogP contribution in [0.1, 0.15) is 46.5 Å². The summed E-state index contributed by atoms with van der Waals surface area (Å²) in [6.07, 6.45) is 4.79. The predicted molar refractivity (Wildman–Crippen MR) is 144 cm³/mol. The lowest BCUT2D eigenvalue weighted by molar-refractivity contribution is 0.0919. The van der Waals surface area contributed by atoms with Gasteiger partial charge in [-0.25, -0.2) is 9.07 Å². The summed E-state index contributed by atoms with van der Waals surface area (Å²) < 4.78 is 15.8. The molecule has 1 fully saturated rings. The lowest BCUT2D eigenvalue weighted by Crippen LogP contribution is -2.40. The SMILES string of the molecule is NC1CCC(NC(=O)c2cc(NC(=O)c3cc(-c4ncccc4F)ccc3Cl)n(-c3ccccc3)n2)CC1. The summed E-state index contributed by atoms with van der Waals surface area (Å²) in [6, 6.07) is 18.2. The fourth-order valence-corrected chi connectivity index (χ4v) is 4.70. The molecule has 0 bridgehead atoms. The predicted octanol–water partition coefficient (Wildman–Crippen LogP) is 4.98. The summed E-state index contributed by atoms with van der Waals surface area (Å²) >= 11 is 6.35. The Morgan fingerprint density at radius 2 is 1.74 bits per heavy atom. The maximum Gasteiger partial charge on any atom is 0.272 e. The van der Waals surface area contributed by atoms with Crippen LogP contribution >= 0.6 is 11.6 Å². The molecule has 4 aromatic rings. The average molecular weight is 533 g/mol. The molecule has 0 aliphatic heterocycles.